The highest BCUT2D eigenvalue weighted by Crippen LogP contribution is 2.29. The van der Waals surface area contributed by atoms with Gasteiger partial charge in [0.15, 0.2) is 11.5 Å². The molecule has 44 heavy (non-hydrogen) atoms. The van der Waals surface area contributed by atoms with Gasteiger partial charge in [0.1, 0.15) is 5.70 Å². The van der Waals surface area contributed by atoms with Crippen LogP contribution in [-0.2, 0) is 9.59 Å². The number of nitrogens with one attached hydrogen (secondary N) is 3. The molecule has 3 N–H and O–H groups in total. The predicted molar refractivity (Wildman–Crippen MR) is 176 cm³/mol. The first kappa shape index (κ1) is 31.9. The topological polar surface area (TPSA) is 106 Å². The number of anilines is 2. The zero-order valence-electron chi connectivity index (χ0n) is 25.3. The molecule has 0 saturated carbocycles. The number of thioether (sulfide) groups is 1. The Morgan fingerprint density at radius 1 is 0.750 bits per heavy atom. The molecule has 8 nitrogen and oxygen atoms in total. The fourth-order valence-electron chi connectivity index (χ4n) is 4.42. The maximum absolute atomic E-state index is 13.4. The fraction of sp³-hybridized carbons (Fsp3) is 0.171. The van der Waals surface area contributed by atoms with Gasteiger partial charge in [0, 0.05) is 21.8 Å². The molecule has 4 rings (SSSR count). The van der Waals surface area contributed by atoms with E-state index in [-0.39, 0.29) is 16.9 Å². The van der Waals surface area contributed by atoms with Crippen LogP contribution in [-0.4, -0.2) is 37.2 Å². The van der Waals surface area contributed by atoms with Crippen LogP contribution in [0.4, 0.5) is 11.4 Å². The van der Waals surface area contributed by atoms with Crippen molar-refractivity contribution in [3.8, 4) is 11.5 Å². The van der Waals surface area contributed by atoms with Crippen molar-refractivity contribution in [2.24, 2.45) is 0 Å². The first-order valence-electron chi connectivity index (χ1n) is 13.9. The van der Waals surface area contributed by atoms with E-state index >= 15 is 0 Å². The molecule has 0 spiro atoms. The molecule has 0 aromatic heterocycles. The molecule has 1 unspecified atom stereocenters. The molecule has 0 saturated heterocycles. The number of hydrogen-bond acceptors (Lipinski definition) is 6. The van der Waals surface area contributed by atoms with E-state index in [1.807, 2.05) is 51.1 Å². The number of hydrogen-bond donors (Lipinski definition) is 3. The summed E-state index contributed by atoms with van der Waals surface area (Å²) in [7, 11) is 3.06. The van der Waals surface area contributed by atoms with E-state index in [2.05, 4.69) is 22.0 Å². The molecule has 9 heteroatoms. The van der Waals surface area contributed by atoms with Crippen molar-refractivity contribution in [1.29, 1.82) is 0 Å². The van der Waals surface area contributed by atoms with Gasteiger partial charge < -0.3 is 25.4 Å². The van der Waals surface area contributed by atoms with Gasteiger partial charge in [-0.05, 0) is 104 Å². The Kier molecular flexibility index (Phi) is 10.8. The van der Waals surface area contributed by atoms with E-state index in [1.165, 1.54) is 26.0 Å². The third-order valence-corrected chi connectivity index (χ3v) is 7.64. The van der Waals surface area contributed by atoms with Crippen LogP contribution < -0.4 is 25.4 Å². The van der Waals surface area contributed by atoms with Crippen LogP contribution in [0.1, 0.15) is 34.0 Å². The minimum atomic E-state index is -0.509. The third kappa shape index (κ3) is 8.75. The van der Waals surface area contributed by atoms with Gasteiger partial charge in [-0.15, -0.1) is 11.8 Å². The van der Waals surface area contributed by atoms with E-state index in [4.69, 9.17) is 9.47 Å². The van der Waals surface area contributed by atoms with Crippen LogP contribution in [0, 0.1) is 13.8 Å². The third-order valence-electron chi connectivity index (χ3n) is 6.53. The number of ether oxygens (including phenoxy) is 2. The molecule has 226 valence electrons. The number of aryl methyl sites for hydroxylation is 2. The second-order valence-corrected chi connectivity index (χ2v) is 11.5. The van der Waals surface area contributed by atoms with Crippen molar-refractivity contribution in [1.82, 2.24) is 5.32 Å². The lowest BCUT2D eigenvalue weighted by atomic mass is 10.1. The normalized spacial score (nSPS) is 11.7. The van der Waals surface area contributed by atoms with Gasteiger partial charge in [-0.2, -0.15) is 0 Å². The second-order valence-electron chi connectivity index (χ2n) is 10.1. The molecule has 0 fully saturated rings. The Morgan fingerprint density at radius 3 is 2.05 bits per heavy atom. The highest BCUT2D eigenvalue weighted by molar-refractivity contribution is 8.00. The Balaban J connectivity index is 1.47. The van der Waals surface area contributed by atoms with Gasteiger partial charge in [-0.1, -0.05) is 30.3 Å². The lowest BCUT2D eigenvalue weighted by Gasteiger charge is -2.14. The summed E-state index contributed by atoms with van der Waals surface area (Å²) >= 11 is 1.41. The van der Waals surface area contributed by atoms with E-state index in [0.717, 1.165) is 21.7 Å². The summed E-state index contributed by atoms with van der Waals surface area (Å²) in [5.41, 5.74) is 4.55. The summed E-state index contributed by atoms with van der Waals surface area (Å²) in [6.45, 7) is 5.83. The summed E-state index contributed by atoms with van der Waals surface area (Å²) in [5, 5.41) is 8.22. The maximum Gasteiger partial charge on any atom is 0.272 e. The average molecular weight is 610 g/mol. The number of benzene rings is 4. The van der Waals surface area contributed by atoms with Gasteiger partial charge in [0.05, 0.1) is 19.5 Å². The Hall–Kier alpha value is -5.02. The minimum Gasteiger partial charge on any atom is -0.493 e. The minimum absolute atomic E-state index is 0.0428. The molecule has 1 atom stereocenters. The van der Waals surface area contributed by atoms with Crippen molar-refractivity contribution >= 4 is 46.9 Å². The predicted octanol–water partition coefficient (Wildman–Crippen LogP) is 6.85. The van der Waals surface area contributed by atoms with Crippen LogP contribution >= 0.6 is 11.8 Å². The molecule has 4 aromatic carbocycles. The molecule has 3 amide bonds. The number of carbonyl (C=O) groups excluding carboxylic acids is 3. The summed E-state index contributed by atoms with van der Waals surface area (Å²) in [4.78, 5) is 40.1. The second kappa shape index (κ2) is 14.9. The smallest absolute Gasteiger partial charge is 0.272 e. The van der Waals surface area contributed by atoms with Crippen LogP contribution in [0.15, 0.2) is 102 Å². The zero-order chi connectivity index (χ0) is 31.6. The molecule has 0 aliphatic heterocycles. The molecule has 0 radical (unpaired) electrons. The molecule has 0 heterocycles. The number of carbonyl (C=O) groups is 3. The van der Waals surface area contributed by atoms with Crippen molar-refractivity contribution in [3.05, 3.63) is 119 Å². The summed E-state index contributed by atoms with van der Waals surface area (Å²) in [5.74, 6) is -0.00571. The molecular formula is C35H35N3O5S. The molecule has 0 aliphatic carbocycles. The lowest BCUT2D eigenvalue weighted by Crippen LogP contribution is -2.30. The Morgan fingerprint density at radius 2 is 1.41 bits per heavy atom. The zero-order valence-corrected chi connectivity index (χ0v) is 26.1. The van der Waals surface area contributed by atoms with Crippen molar-refractivity contribution < 1.29 is 23.9 Å². The molecular weight excluding hydrogens is 574 g/mol. The van der Waals surface area contributed by atoms with Crippen LogP contribution in [0.5, 0.6) is 11.5 Å². The monoisotopic (exact) mass is 609 g/mol. The fourth-order valence-corrected chi connectivity index (χ4v) is 5.28. The van der Waals surface area contributed by atoms with Crippen molar-refractivity contribution in [3.63, 3.8) is 0 Å². The van der Waals surface area contributed by atoms with Gasteiger partial charge in [0.25, 0.3) is 11.8 Å². The molecule has 0 aliphatic rings. The molecule has 4 aromatic rings. The Bertz CT molecular complexity index is 1650. The summed E-state index contributed by atoms with van der Waals surface area (Å²) < 4.78 is 10.7. The average Bonchev–Trinajstić information content (AvgIpc) is 3.01. The van der Waals surface area contributed by atoms with Gasteiger partial charge in [-0.3, -0.25) is 14.4 Å². The van der Waals surface area contributed by atoms with Crippen LogP contribution in [0.3, 0.4) is 0 Å². The number of amides is 3. The van der Waals surface area contributed by atoms with Crippen molar-refractivity contribution in [2.75, 3.05) is 24.9 Å². The first-order chi connectivity index (χ1) is 21.1. The van der Waals surface area contributed by atoms with E-state index in [1.54, 1.807) is 60.7 Å². The first-order valence-corrected chi connectivity index (χ1v) is 14.8. The highest BCUT2D eigenvalue weighted by Gasteiger charge is 2.17. The summed E-state index contributed by atoms with van der Waals surface area (Å²) in [6, 6.07) is 26.9. The standard InChI is InChI=1S/C35H35N3O5S/c1-22-17-23(2)19-28(18-22)37-33(39)24(3)44-29-14-12-27(13-15-29)36-35(41)30(38-34(40)26-9-7-6-8-10-26)20-25-11-16-31(42-4)32(21-25)43-5/h6-21,24H,1-5H3,(H,36,41)(H,37,39)(H,38,40)/b30-20-. The summed E-state index contributed by atoms with van der Waals surface area (Å²) in [6.07, 6.45) is 1.57. The number of methoxy groups -OCH3 is 2. The quantitative estimate of drug-likeness (QED) is 0.127. The SMILES string of the molecule is COc1ccc(/C=C(\NC(=O)c2ccccc2)C(=O)Nc2ccc(SC(C)C(=O)Nc3cc(C)cc(C)c3)cc2)cc1OC. The largest absolute Gasteiger partial charge is 0.493 e. The van der Waals surface area contributed by atoms with E-state index in [0.29, 0.717) is 28.3 Å². The van der Waals surface area contributed by atoms with Gasteiger partial charge in [-0.25, -0.2) is 0 Å². The Labute approximate surface area is 261 Å². The highest BCUT2D eigenvalue weighted by atomic mass is 32.2. The molecule has 0 bridgehead atoms. The van der Waals surface area contributed by atoms with Crippen LogP contribution in [0.2, 0.25) is 0 Å². The van der Waals surface area contributed by atoms with Gasteiger partial charge >= 0.3 is 0 Å². The van der Waals surface area contributed by atoms with Gasteiger partial charge in [0.2, 0.25) is 5.91 Å². The lowest BCUT2D eigenvalue weighted by molar-refractivity contribution is -0.115. The van der Waals surface area contributed by atoms with Crippen LogP contribution in [0.25, 0.3) is 6.08 Å². The number of rotatable bonds is 11. The maximum atomic E-state index is 13.4. The van der Waals surface area contributed by atoms with Crippen molar-refractivity contribution in [2.45, 2.75) is 30.9 Å². The van der Waals surface area contributed by atoms with E-state index < -0.39 is 11.8 Å². The van der Waals surface area contributed by atoms with E-state index in [9.17, 15) is 14.4 Å².